The molecule has 0 bridgehead atoms. The second kappa shape index (κ2) is 4.25. The van der Waals surface area contributed by atoms with Crippen molar-refractivity contribution >= 4 is 19.7 Å². The van der Waals surface area contributed by atoms with Crippen molar-refractivity contribution < 1.29 is 22.3 Å². The second-order valence-electron chi connectivity index (χ2n) is 4.60. The Labute approximate surface area is 95.6 Å². The molecule has 16 heavy (non-hydrogen) atoms. The fourth-order valence-corrected chi connectivity index (χ4v) is 5.58. The summed E-state index contributed by atoms with van der Waals surface area (Å²) >= 11 is 0. The standard InChI is InChI=1S/C8H16N2O4S2/c11-15(12)3-1-7(5-15)9-10-8-2-4-16(13,14)6-8/h7-10H,1-6H2/p+1. The minimum atomic E-state index is -2.86. The third kappa shape index (κ3) is 3.16. The van der Waals surface area contributed by atoms with Crippen LogP contribution in [0.15, 0.2) is 0 Å². The van der Waals surface area contributed by atoms with Crippen molar-refractivity contribution in [1.82, 2.24) is 5.43 Å². The van der Waals surface area contributed by atoms with E-state index in [1.54, 1.807) is 5.43 Å². The highest BCUT2D eigenvalue weighted by Gasteiger charge is 2.33. The zero-order chi connectivity index (χ0) is 11.8. The number of quaternary nitrogens is 1. The highest BCUT2D eigenvalue weighted by Crippen LogP contribution is 2.10. The average molecular weight is 269 g/mol. The highest BCUT2D eigenvalue weighted by atomic mass is 32.2. The number of nitrogens with two attached hydrogens (primary N) is 1. The Hall–Kier alpha value is -0.180. The topological polar surface area (TPSA) is 96.9 Å². The molecular weight excluding hydrogens is 252 g/mol. The summed E-state index contributed by atoms with van der Waals surface area (Å²) in [4.78, 5) is 0. The van der Waals surface area contributed by atoms with E-state index in [4.69, 9.17) is 0 Å². The molecule has 2 rings (SSSR count). The van der Waals surface area contributed by atoms with Crippen LogP contribution in [0, 0.1) is 0 Å². The van der Waals surface area contributed by atoms with Crippen LogP contribution in [0.1, 0.15) is 12.8 Å². The number of rotatable bonds is 3. The van der Waals surface area contributed by atoms with Gasteiger partial charge in [0.05, 0.1) is 23.3 Å². The Bertz CT molecular complexity index is 412. The Morgan fingerprint density at radius 2 is 1.56 bits per heavy atom. The molecule has 0 aliphatic carbocycles. The average Bonchev–Trinajstić information content (AvgIpc) is 2.66. The van der Waals surface area contributed by atoms with Gasteiger partial charge in [0.1, 0.15) is 11.8 Å². The van der Waals surface area contributed by atoms with E-state index in [-0.39, 0.29) is 35.1 Å². The number of sulfone groups is 2. The normalized spacial score (nSPS) is 36.5. The molecule has 3 N–H and O–H groups in total. The highest BCUT2D eigenvalue weighted by molar-refractivity contribution is 7.91. The summed E-state index contributed by atoms with van der Waals surface area (Å²) in [5.41, 5.74) is 4.82. The van der Waals surface area contributed by atoms with Crippen molar-refractivity contribution in [3.63, 3.8) is 0 Å². The van der Waals surface area contributed by atoms with Crippen LogP contribution in [-0.4, -0.2) is 51.9 Å². The van der Waals surface area contributed by atoms with Crippen LogP contribution < -0.4 is 10.9 Å². The van der Waals surface area contributed by atoms with Gasteiger partial charge in [-0.2, -0.15) is 5.43 Å². The molecule has 0 aromatic rings. The van der Waals surface area contributed by atoms with Crippen LogP contribution in [0.2, 0.25) is 0 Å². The van der Waals surface area contributed by atoms with Crippen molar-refractivity contribution in [2.24, 2.45) is 0 Å². The summed E-state index contributed by atoms with van der Waals surface area (Å²) in [7, 11) is -5.72. The molecule has 0 radical (unpaired) electrons. The first-order valence-corrected chi connectivity index (χ1v) is 9.01. The van der Waals surface area contributed by atoms with Crippen LogP contribution >= 0.6 is 0 Å². The summed E-state index contributed by atoms with van der Waals surface area (Å²) in [6.45, 7) is 0. The number of hydrogen-bond acceptors (Lipinski definition) is 5. The van der Waals surface area contributed by atoms with Gasteiger partial charge in [0.25, 0.3) is 0 Å². The molecule has 0 aromatic heterocycles. The maximum Gasteiger partial charge on any atom is 0.156 e. The third-order valence-electron chi connectivity index (χ3n) is 3.07. The minimum absolute atomic E-state index is 0.0340. The molecule has 2 aliphatic heterocycles. The Morgan fingerprint density at radius 1 is 0.938 bits per heavy atom. The maximum atomic E-state index is 11.2. The first-order valence-electron chi connectivity index (χ1n) is 5.37. The molecule has 8 heteroatoms. The van der Waals surface area contributed by atoms with Crippen molar-refractivity contribution in [2.75, 3.05) is 23.0 Å². The SMILES string of the molecule is O=S1(=O)CCC(N[NH2+]C2CCS(=O)(=O)C2)C1. The Morgan fingerprint density at radius 3 is 2.06 bits per heavy atom. The molecule has 0 amide bonds. The molecule has 0 saturated carbocycles. The van der Waals surface area contributed by atoms with E-state index in [0.717, 1.165) is 0 Å². The van der Waals surface area contributed by atoms with Crippen LogP contribution in [0.4, 0.5) is 0 Å². The molecular formula is C8H17N2O4S2+. The molecule has 2 atom stereocenters. The van der Waals surface area contributed by atoms with Gasteiger partial charge in [0.15, 0.2) is 19.7 Å². The van der Waals surface area contributed by atoms with Gasteiger partial charge in [-0.3, -0.25) is 5.43 Å². The molecule has 6 nitrogen and oxygen atoms in total. The van der Waals surface area contributed by atoms with Gasteiger partial charge in [-0.25, -0.2) is 16.8 Å². The largest absolute Gasteiger partial charge is 0.265 e. The summed E-state index contributed by atoms with van der Waals surface area (Å²) in [6, 6.07) is 0.00149. The van der Waals surface area contributed by atoms with Gasteiger partial charge < -0.3 is 0 Å². The minimum Gasteiger partial charge on any atom is -0.265 e. The maximum absolute atomic E-state index is 11.2. The van der Waals surface area contributed by atoms with Gasteiger partial charge >= 0.3 is 0 Å². The second-order valence-corrected chi connectivity index (χ2v) is 9.05. The molecule has 2 unspecified atom stereocenters. The fraction of sp³-hybridized carbons (Fsp3) is 1.00. The van der Waals surface area contributed by atoms with Gasteiger partial charge in [-0.05, 0) is 6.42 Å². The lowest BCUT2D eigenvalue weighted by Gasteiger charge is -2.12. The molecule has 0 spiro atoms. The Balaban J connectivity index is 1.77. The molecule has 2 saturated heterocycles. The molecule has 2 heterocycles. The van der Waals surface area contributed by atoms with E-state index in [9.17, 15) is 16.8 Å². The zero-order valence-corrected chi connectivity index (χ0v) is 10.6. The quantitative estimate of drug-likeness (QED) is 0.433. The lowest BCUT2D eigenvalue weighted by atomic mass is 10.2. The van der Waals surface area contributed by atoms with E-state index in [1.165, 1.54) is 0 Å². The van der Waals surface area contributed by atoms with Crippen molar-refractivity contribution in [3.8, 4) is 0 Å². The summed E-state index contributed by atoms with van der Waals surface area (Å²) < 4.78 is 44.8. The summed E-state index contributed by atoms with van der Waals surface area (Å²) in [6.07, 6.45) is 1.27. The monoisotopic (exact) mass is 269 g/mol. The van der Waals surface area contributed by atoms with E-state index >= 15 is 0 Å². The summed E-state index contributed by atoms with van der Waals surface area (Å²) in [5.74, 6) is 0.850. The molecule has 2 fully saturated rings. The van der Waals surface area contributed by atoms with Gasteiger partial charge in [-0.15, -0.1) is 0 Å². The first kappa shape index (κ1) is 12.3. The van der Waals surface area contributed by atoms with Crippen molar-refractivity contribution in [2.45, 2.75) is 24.9 Å². The molecule has 2 aliphatic rings. The first-order chi connectivity index (χ1) is 7.36. The summed E-state index contributed by atoms with van der Waals surface area (Å²) in [5, 5.41) is 0. The smallest absolute Gasteiger partial charge is 0.156 e. The number of nitrogens with one attached hydrogen (secondary N) is 1. The van der Waals surface area contributed by atoms with Crippen LogP contribution in [-0.2, 0) is 19.7 Å². The van der Waals surface area contributed by atoms with Crippen molar-refractivity contribution in [1.29, 1.82) is 0 Å². The predicted molar refractivity (Wildman–Crippen MR) is 59.2 cm³/mol. The number of hydrogen-bond donors (Lipinski definition) is 2. The Kier molecular flexibility index (Phi) is 3.26. The molecule has 0 aromatic carbocycles. The lowest BCUT2D eigenvalue weighted by Crippen LogP contribution is -2.99. The predicted octanol–water partition coefficient (Wildman–Crippen LogP) is -2.57. The van der Waals surface area contributed by atoms with Crippen LogP contribution in [0.3, 0.4) is 0 Å². The van der Waals surface area contributed by atoms with Crippen molar-refractivity contribution in [3.05, 3.63) is 0 Å². The fourth-order valence-electron chi connectivity index (χ4n) is 2.15. The van der Waals surface area contributed by atoms with E-state index < -0.39 is 19.7 Å². The third-order valence-corrected chi connectivity index (χ3v) is 6.63. The van der Waals surface area contributed by atoms with Gasteiger partial charge in [0.2, 0.25) is 0 Å². The zero-order valence-electron chi connectivity index (χ0n) is 8.92. The molecule has 94 valence electrons. The van der Waals surface area contributed by atoms with Crippen LogP contribution in [0.25, 0.3) is 0 Å². The van der Waals surface area contributed by atoms with E-state index in [2.05, 4.69) is 5.43 Å². The van der Waals surface area contributed by atoms with E-state index in [1.807, 2.05) is 0 Å². The van der Waals surface area contributed by atoms with Crippen LogP contribution in [0.5, 0.6) is 0 Å². The lowest BCUT2D eigenvalue weighted by molar-refractivity contribution is -0.741. The van der Waals surface area contributed by atoms with E-state index in [0.29, 0.717) is 12.8 Å². The van der Waals surface area contributed by atoms with Gasteiger partial charge in [-0.1, -0.05) is 0 Å². The van der Waals surface area contributed by atoms with Gasteiger partial charge in [0, 0.05) is 6.42 Å².